The normalized spacial score (nSPS) is 36.5. The van der Waals surface area contributed by atoms with Gasteiger partial charge in [0.15, 0.2) is 0 Å². The van der Waals surface area contributed by atoms with Crippen LogP contribution in [0.25, 0.3) is 0 Å². The molecule has 3 nitrogen and oxygen atoms in total. The van der Waals surface area contributed by atoms with Gasteiger partial charge >= 0.3 is 0 Å². The zero-order chi connectivity index (χ0) is 9.84. The number of aliphatic hydroxyl groups is 1. The number of nitrogens with one attached hydrogen (secondary N) is 1. The van der Waals surface area contributed by atoms with E-state index in [0.717, 1.165) is 13.1 Å². The molecule has 0 unspecified atom stereocenters. The van der Waals surface area contributed by atoms with E-state index in [1.165, 1.54) is 6.42 Å². The lowest BCUT2D eigenvalue weighted by Gasteiger charge is -2.40. The van der Waals surface area contributed by atoms with Crippen molar-refractivity contribution in [2.75, 3.05) is 26.7 Å². The van der Waals surface area contributed by atoms with Crippen molar-refractivity contribution in [2.24, 2.45) is 5.92 Å². The molecule has 2 N–H and O–H groups in total. The van der Waals surface area contributed by atoms with Crippen LogP contribution in [0, 0.1) is 5.92 Å². The number of aliphatic hydroxyl groups excluding tert-OH is 1. The lowest BCUT2D eigenvalue weighted by atomic mass is 9.90. The second-order valence-corrected chi connectivity index (χ2v) is 4.29. The summed E-state index contributed by atoms with van der Waals surface area (Å²) >= 11 is 0. The average Bonchev–Trinajstić information content (AvgIpc) is 2.09. The zero-order valence-electron chi connectivity index (χ0n) is 8.95. The Kier molecular flexibility index (Phi) is 4.16. The van der Waals surface area contributed by atoms with Gasteiger partial charge in [-0.25, -0.2) is 0 Å². The van der Waals surface area contributed by atoms with Crippen LogP contribution in [-0.2, 0) is 0 Å². The summed E-state index contributed by atoms with van der Waals surface area (Å²) in [7, 11) is 2.18. The highest BCUT2D eigenvalue weighted by atomic mass is 16.3. The second kappa shape index (κ2) is 4.94. The van der Waals surface area contributed by atoms with Crippen molar-refractivity contribution in [3.05, 3.63) is 0 Å². The fourth-order valence-electron chi connectivity index (χ4n) is 2.08. The largest absolute Gasteiger partial charge is 0.395 e. The maximum absolute atomic E-state index is 8.73. The molecule has 0 aromatic carbocycles. The monoisotopic (exact) mass is 186 g/mol. The van der Waals surface area contributed by atoms with E-state index in [1.54, 1.807) is 0 Å². The maximum Gasteiger partial charge on any atom is 0.0556 e. The first kappa shape index (κ1) is 11.0. The molecule has 1 heterocycles. The van der Waals surface area contributed by atoms with E-state index < -0.39 is 0 Å². The molecule has 0 aromatic rings. The summed E-state index contributed by atoms with van der Waals surface area (Å²) in [6.07, 6.45) is 1.19. The van der Waals surface area contributed by atoms with E-state index in [0.29, 0.717) is 18.0 Å². The highest BCUT2D eigenvalue weighted by Gasteiger charge is 2.27. The van der Waals surface area contributed by atoms with E-state index in [4.69, 9.17) is 5.11 Å². The molecule has 0 aromatic heterocycles. The standard InChI is InChI=1S/C10H22N2O/c1-8-7-12(3)9(2)6-10(8)11-4-5-13/h8-11,13H,4-7H2,1-3H3/t8-,9+,10+/m1/s1. The molecule has 3 atom stereocenters. The molecule has 0 radical (unpaired) electrons. The molecule has 1 saturated heterocycles. The van der Waals surface area contributed by atoms with Crippen molar-refractivity contribution >= 4 is 0 Å². The van der Waals surface area contributed by atoms with Crippen LogP contribution in [0.1, 0.15) is 20.3 Å². The number of nitrogens with zero attached hydrogens (tertiary/aromatic N) is 1. The van der Waals surface area contributed by atoms with E-state index in [9.17, 15) is 0 Å². The summed E-state index contributed by atoms with van der Waals surface area (Å²) in [5.41, 5.74) is 0. The quantitative estimate of drug-likeness (QED) is 0.665. The van der Waals surface area contributed by atoms with Crippen molar-refractivity contribution in [1.29, 1.82) is 0 Å². The molecule has 1 aliphatic heterocycles. The molecule has 0 amide bonds. The Hall–Kier alpha value is -0.120. The van der Waals surface area contributed by atoms with Crippen molar-refractivity contribution in [3.8, 4) is 0 Å². The van der Waals surface area contributed by atoms with Gasteiger partial charge < -0.3 is 15.3 Å². The van der Waals surface area contributed by atoms with E-state index in [1.807, 2.05) is 0 Å². The SMILES string of the molecule is C[C@@H]1CN(C)[C@@H](C)C[C@@H]1NCCO. The summed E-state index contributed by atoms with van der Waals surface area (Å²) in [4.78, 5) is 2.40. The third kappa shape index (κ3) is 2.93. The molecule has 0 aliphatic carbocycles. The predicted octanol–water partition coefficient (Wildman–Crippen LogP) is 0.297. The number of piperidine rings is 1. The van der Waals surface area contributed by atoms with E-state index >= 15 is 0 Å². The molecule has 3 heteroatoms. The molecular formula is C10H22N2O. The number of likely N-dealkylation sites (tertiary alicyclic amines) is 1. The molecule has 13 heavy (non-hydrogen) atoms. The first-order valence-corrected chi connectivity index (χ1v) is 5.19. The van der Waals surface area contributed by atoms with Crippen LogP contribution in [0.15, 0.2) is 0 Å². The first-order chi connectivity index (χ1) is 6.15. The van der Waals surface area contributed by atoms with Crippen LogP contribution in [0.4, 0.5) is 0 Å². The zero-order valence-corrected chi connectivity index (χ0v) is 8.95. The van der Waals surface area contributed by atoms with Crippen LogP contribution >= 0.6 is 0 Å². The van der Waals surface area contributed by atoms with Gasteiger partial charge in [0.05, 0.1) is 6.61 Å². The highest BCUT2D eigenvalue weighted by molar-refractivity contribution is 4.85. The van der Waals surface area contributed by atoms with Crippen molar-refractivity contribution in [2.45, 2.75) is 32.4 Å². The smallest absolute Gasteiger partial charge is 0.0556 e. The summed E-state index contributed by atoms with van der Waals surface area (Å²) in [6.45, 7) is 6.67. The van der Waals surface area contributed by atoms with Crippen LogP contribution in [-0.4, -0.2) is 48.8 Å². The lowest BCUT2D eigenvalue weighted by Crippen LogP contribution is -2.51. The third-order valence-corrected chi connectivity index (χ3v) is 3.13. The van der Waals surface area contributed by atoms with Gasteiger partial charge in [-0.05, 0) is 26.3 Å². The van der Waals surface area contributed by atoms with Gasteiger partial charge in [0.25, 0.3) is 0 Å². The Labute approximate surface area is 81.1 Å². The minimum Gasteiger partial charge on any atom is -0.395 e. The van der Waals surface area contributed by atoms with Gasteiger partial charge in [-0.3, -0.25) is 0 Å². The van der Waals surface area contributed by atoms with Crippen LogP contribution in [0.5, 0.6) is 0 Å². The molecular weight excluding hydrogens is 164 g/mol. The molecule has 0 saturated carbocycles. The minimum atomic E-state index is 0.243. The van der Waals surface area contributed by atoms with Crippen LogP contribution in [0.3, 0.4) is 0 Å². The molecule has 1 rings (SSSR count). The summed E-state index contributed by atoms with van der Waals surface area (Å²) in [6, 6.07) is 1.24. The molecule has 0 spiro atoms. The lowest BCUT2D eigenvalue weighted by molar-refractivity contribution is 0.118. The van der Waals surface area contributed by atoms with E-state index in [2.05, 4.69) is 31.1 Å². The Morgan fingerprint density at radius 1 is 1.46 bits per heavy atom. The Morgan fingerprint density at radius 3 is 2.77 bits per heavy atom. The summed E-state index contributed by atoms with van der Waals surface area (Å²) in [5.74, 6) is 0.688. The number of hydrogen-bond acceptors (Lipinski definition) is 3. The minimum absolute atomic E-state index is 0.243. The Balaban J connectivity index is 2.37. The Morgan fingerprint density at radius 2 is 2.15 bits per heavy atom. The number of rotatable bonds is 3. The fraction of sp³-hybridized carbons (Fsp3) is 1.00. The highest BCUT2D eigenvalue weighted by Crippen LogP contribution is 2.20. The van der Waals surface area contributed by atoms with Gasteiger partial charge in [0.1, 0.15) is 0 Å². The Bertz CT molecular complexity index is 152. The molecule has 78 valence electrons. The molecule has 1 fully saturated rings. The van der Waals surface area contributed by atoms with Gasteiger partial charge in [-0.1, -0.05) is 6.92 Å². The van der Waals surface area contributed by atoms with E-state index in [-0.39, 0.29) is 6.61 Å². The predicted molar refractivity (Wildman–Crippen MR) is 54.7 cm³/mol. The molecule has 1 aliphatic rings. The number of hydrogen-bond donors (Lipinski definition) is 2. The third-order valence-electron chi connectivity index (χ3n) is 3.13. The van der Waals surface area contributed by atoms with Gasteiger partial charge in [-0.15, -0.1) is 0 Å². The van der Waals surface area contributed by atoms with Crippen molar-refractivity contribution in [3.63, 3.8) is 0 Å². The van der Waals surface area contributed by atoms with Crippen LogP contribution in [0.2, 0.25) is 0 Å². The van der Waals surface area contributed by atoms with Gasteiger partial charge in [0, 0.05) is 25.2 Å². The average molecular weight is 186 g/mol. The summed E-state index contributed by atoms with van der Waals surface area (Å²) in [5, 5.41) is 12.1. The van der Waals surface area contributed by atoms with Gasteiger partial charge in [0.2, 0.25) is 0 Å². The van der Waals surface area contributed by atoms with Crippen LogP contribution < -0.4 is 5.32 Å². The second-order valence-electron chi connectivity index (χ2n) is 4.29. The molecule has 0 bridgehead atoms. The topological polar surface area (TPSA) is 35.5 Å². The first-order valence-electron chi connectivity index (χ1n) is 5.19. The maximum atomic E-state index is 8.73. The fourth-order valence-corrected chi connectivity index (χ4v) is 2.08. The van der Waals surface area contributed by atoms with Gasteiger partial charge in [-0.2, -0.15) is 0 Å². The van der Waals surface area contributed by atoms with Crippen molar-refractivity contribution in [1.82, 2.24) is 10.2 Å². The van der Waals surface area contributed by atoms with Crippen molar-refractivity contribution < 1.29 is 5.11 Å². The summed E-state index contributed by atoms with van der Waals surface area (Å²) < 4.78 is 0.